The van der Waals surface area contributed by atoms with Gasteiger partial charge in [-0.2, -0.15) is 0 Å². The topological polar surface area (TPSA) is 288 Å². The SMILES string of the molecule is O=P(OC[C@H](O)[C@@H](O)[C@H](O)CO)(OC[C@H](O)[C@@H](O)[C@H](O)CO)OC[C@H](O)[C@@H](O)[C@H](O)CO. The molecular formula is C15H33O16P. The number of aliphatic hydroxyl groups is 12. The number of aliphatic hydroxyl groups excluding tert-OH is 12. The van der Waals surface area contributed by atoms with Gasteiger partial charge in [-0.15, -0.1) is 0 Å². The van der Waals surface area contributed by atoms with Crippen LogP contribution in [0.15, 0.2) is 0 Å². The van der Waals surface area contributed by atoms with Crippen LogP contribution in [0.3, 0.4) is 0 Å². The molecule has 0 aliphatic rings. The molecule has 16 nitrogen and oxygen atoms in total. The highest BCUT2D eigenvalue weighted by molar-refractivity contribution is 7.48. The minimum absolute atomic E-state index is 0.933. The van der Waals surface area contributed by atoms with Crippen molar-refractivity contribution < 1.29 is 79.4 Å². The van der Waals surface area contributed by atoms with Crippen LogP contribution >= 0.6 is 7.82 Å². The Kier molecular flexibility index (Phi) is 15.3. The van der Waals surface area contributed by atoms with Crippen LogP contribution in [0.25, 0.3) is 0 Å². The van der Waals surface area contributed by atoms with Gasteiger partial charge in [-0.05, 0) is 0 Å². The Morgan fingerprint density at radius 2 is 0.688 bits per heavy atom. The molecule has 0 radical (unpaired) electrons. The first kappa shape index (κ1) is 31.6. The molecule has 0 bridgehead atoms. The van der Waals surface area contributed by atoms with E-state index >= 15 is 0 Å². The highest BCUT2D eigenvalue weighted by Gasteiger charge is 2.36. The van der Waals surface area contributed by atoms with Crippen molar-refractivity contribution >= 4 is 7.82 Å². The number of hydrogen-bond donors (Lipinski definition) is 12. The molecule has 0 aliphatic heterocycles. The van der Waals surface area contributed by atoms with Crippen LogP contribution in [0, 0.1) is 0 Å². The molecular weight excluding hydrogens is 467 g/mol. The quantitative estimate of drug-likeness (QED) is 0.0779. The van der Waals surface area contributed by atoms with Gasteiger partial charge in [0.15, 0.2) is 0 Å². The van der Waals surface area contributed by atoms with Gasteiger partial charge in [0, 0.05) is 0 Å². The predicted octanol–water partition coefficient (Wildman–Crippen LogP) is -6.63. The Morgan fingerprint density at radius 3 is 0.875 bits per heavy atom. The average Bonchev–Trinajstić information content (AvgIpc) is 2.81. The normalized spacial score (nSPS) is 21.2. The lowest BCUT2D eigenvalue weighted by molar-refractivity contribution is -0.104. The molecule has 0 saturated carbocycles. The fourth-order valence-electron chi connectivity index (χ4n) is 2.00. The lowest BCUT2D eigenvalue weighted by atomic mass is 10.1. The maximum absolute atomic E-state index is 12.7. The summed E-state index contributed by atoms with van der Waals surface area (Å²) < 4.78 is 27.0. The van der Waals surface area contributed by atoms with Crippen LogP contribution in [-0.2, 0) is 18.1 Å². The van der Waals surface area contributed by atoms with Crippen molar-refractivity contribution in [2.24, 2.45) is 0 Å². The van der Waals surface area contributed by atoms with Gasteiger partial charge < -0.3 is 61.3 Å². The lowest BCUT2D eigenvalue weighted by Crippen LogP contribution is -2.43. The van der Waals surface area contributed by atoms with Gasteiger partial charge in [0.25, 0.3) is 0 Å². The number of rotatable bonds is 18. The number of phosphoric ester groups is 1. The molecule has 17 heteroatoms. The molecule has 0 spiro atoms. The van der Waals surface area contributed by atoms with E-state index in [0.29, 0.717) is 0 Å². The highest BCUT2D eigenvalue weighted by Crippen LogP contribution is 2.50. The van der Waals surface area contributed by atoms with Crippen molar-refractivity contribution in [1.29, 1.82) is 0 Å². The van der Waals surface area contributed by atoms with E-state index in [1.807, 2.05) is 0 Å². The summed E-state index contributed by atoms with van der Waals surface area (Å²) in [5.41, 5.74) is 0. The van der Waals surface area contributed by atoms with Gasteiger partial charge in [0.1, 0.15) is 54.9 Å². The maximum Gasteiger partial charge on any atom is 0.475 e. The Bertz CT molecular complexity index is 468. The second kappa shape index (κ2) is 15.5. The number of phosphoric acid groups is 1. The number of hydrogen-bond acceptors (Lipinski definition) is 16. The first-order chi connectivity index (χ1) is 14.8. The van der Waals surface area contributed by atoms with E-state index in [4.69, 9.17) is 28.9 Å². The van der Waals surface area contributed by atoms with Crippen LogP contribution in [0.5, 0.6) is 0 Å². The average molecular weight is 500 g/mol. The lowest BCUT2D eigenvalue weighted by Gasteiger charge is -2.27. The van der Waals surface area contributed by atoms with Crippen molar-refractivity contribution in [3.63, 3.8) is 0 Å². The fraction of sp³-hybridized carbons (Fsp3) is 1.00. The zero-order valence-electron chi connectivity index (χ0n) is 16.9. The maximum atomic E-state index is 12.7. The summed E-state index contributed by atoms with van der Waals surface area (Å²) in [6.45, 7) is -5.91. The molecule has 0 rings (SSSR count). The largest absolute Gasteiger partial charge is 0.475 e. The first-order valence-electron chi connectivity index (χ1n) is 9.32. The zero-order chi connectivity index (χ0) is 25.1. The Morgan fingerprint density at radius 1 is 0.469 bits per heavy atom. The molecule has 0 saturated heterocycles. The Balaban J connectivity index is 5.20. The van der Waals surface area contributed by atoms with Crippen LogP contribution < -0.4 is 0 Å². The minimum atomic E-state index is -4.86. The van der Waals surface area contributed by atoms with E-state index in [2.05, 4.69) is 0 Å². The molecule has 9 atom stereocenters. The van der Waals surface area contributed by atoms with Crippen molar-refractivity contribution in [3.05, 3.63) is 0 Å². The van der Waals surface area contributed by atoms with E-state index in [-0.39, 0.29) is 0 Å². The third-order valence-electron chi connectivity index (χ3n) is 4.14. The van der Waals surface area contributed by atoms with Crippen molar-refractivity contribution in [1.82, 2.24) is 0 Å². The standard InChI is InChI=1S/C15H33O16P/c16-1-7(19)13(25)10(22)4-29-32(28,30-5-11(23)14(26)8(20)2-17)31-6-12(24)15(27)9(21)3-18/h7-27H,1-6H2/t7-,8-,9-,10+,11+,12+,13+,14+,15+/m1/s1. The van der Waals surface area contributed by atoms with E-state index < -0.39 is 102 Å². The molecule has 0 heterocycles. The Hall–Kier alpha value is -0.370. The molecule has 0 aromatic heterocycles. The van der Waals surface area contributed by atoms with E-state index in [9.17, 15) is 50.5 Å². The van der Waals surface area contributed by atoms with E-state index in [1.165, 1.54) is 0 Å². The summed E-state index contributed by atoms with van der Waals surface area (Å²) in [6, 6.07) is 0. The van der Waals surface area contributed by atoms with Crippen molar-refractivity contribution in [2.45, 2.75) is 54.9 Å². The molecule has 0 amide bonds. The zero-order valence-corrected chi connectivity index (χ0v) is 17.8. The molecule has 0 aromatic rings. The van der Waals surface area contributed by atoms with Crippen LogP contribution in [0.4, 0.5) is 0 Å². The van der Waals surface area contributed by atoms with Gasteiger partial charge in [-0.25, -0.2) is 4.57 Å². The second-order valence-corrected chi connectivity index (χ2v) is 8.43. The van der Waals surface area contributed by atoms with Gasteiger partial charge >= 0.3 is 7.82 Å². The molecule has 0 unspecified atom stereocenters. The third kappa shape index (κ3) is 10.7. The molecule has 12 N–H and O–H groups in total. The van der Waals surface area contributed by atoms with Crippen LogP contribution in [0.2, 0.25) is 0 Å². The summed E-state index contributed by atoms with van der Waals surface area (Å²) in [4.78, 5) is 0. The third-order valence-corrected chi connectivity index (χ3v) is 5.53. The first-order valence-corrected chi connectivity index (χ1v) is 10.8. The van der Waals surface area contributed by atoms with E-state index in [0.717, 1.165) is 0 Å². The smallest absolute Gasteiger partial charge is 0.394 e. The van der Waals surface area contributed by atoms with Crippen molar-refractivity contribution in [3.8, 4) is 0 Å². The monoisotopic (exact) mass is 500 g/mol. The van der Waals surface area contributed by atoms with Gasteiger partial charge in [0.05, 0.1) is 39.6 Å². The second-order valence-electron chi connectivity index (χ2n) is 6.76. The summed E-state index contributed by atoms with van der Waals surface area (Å²) in [6.07, 6.45) is -17.0. The molecule has 194 valence electrons. The summed E-state index contributed by atoms with van der Waals surface area (Å²) >= 11 is 0. The molecule has 32 heavy (non-hydrogen) atoms. The summed E-state index contributed by atoms with van der Waals surface area (Å²) in [5, 5.41) is 112. The molecule has 0 aliphatic carbocycles. The Labute approximate surface area is 182 Å². The fourth-order valence-corrected chi connectivity index (χ4v) is 3.23. The summed E-state index contributed by atoms with van der Waals surface area (Å²) in [5.74, 6) is 0. The molecule has 0 fully saturated rings. The van der Waals surface area contributed by atoms with Gasteiger partial charge in [0.2, 0.25) is 0 Å². The minimum Gasteiger partial charge on any atom is -0.394 e. The van der Waals surface area contributed by atoms with Crippen molar-refractivity contribution in [2.75, 3.05) is 39.6 Å². The summed E-state index contributed by atoms with van der Waals surface area (Å²) in [7, 11) is -4.86. The van der Waals surface area contributed by atoms with Crippen LogP contribution in [0.1, 0.15) is 0 Å². The highest BCUT2D eigenvalue weighted by atomic mass is 31.2. The molecule has 0 aromatic carbocycles. The van der Waals surface area contributed by atoms with Gasteiger partial charge in [-0.1, -0.05) is 0 Å². The van der Waals surface area contributed by atoms with Crippen LogP contribution in [-0.4, -0.2) is 156 Å². The van der Waals surface area contributed by atoms with Gasteiger partial charge in [-0.3, -0.25) is 13.6 Å². The van der Waals surface area contributed by atoms with E-state index in [1.54, 1.807) is 0 Å². The predicted molar refractivity (Wildman–Crippen MR) is 101 cm³/mol.